The first-order chi connectivity index (χ1) is 13.2. The molecule has 2 N–H and O–H groups in total. The van der Waals surface area contributed by atoms with Crippen LogP contribution < -0.4 is 5.32 Å². The summed E-state index contributed by atoms with van der Waals surface area (Å²) in [5.41, 5.74) is 1.31. The van der Waals surface area contributed by atoms with Crippen molar-refractivity contribution in [1.29, 1.82) is 0 Å². The zero-order chi connectivity index (χ0) is 20.5. The Hall–Kier alpha value is -1.79. The molecule has 1 amide bonds. The average Bonchev–Trinajstić information content (AvgIpc) is 2.98. The number of nitrogens with zero attached hydrogens (tertiary/aromatic N) is 2. The van der Waals surface area contributed by atoms with Gasteiger partial charge in [0.2, 0.25) is 0 Å². The third kappa shape index (κ3) is 4.78. The van der Waals surface area contributed by atoms with Gasteiger partial charge in [-0.25, -0.2) is 9.78 Å². The standard InChI is InChI=1S/C21H30ClN3O3/c1-5-18(26)19-24-16-12-13(22)6-11-17(16)25(19)15-9-7-14(8-10-15)23-20(27)28-21(2,3)4/h6,11-12,14-15,18,26H,5,7-10H2,1-4H3,(H,23,27). The van der Waals surface area contributed by atoms with Crippen molar-refractivity contribution in [3.8, 4) is 0 Å². The summed E-state index contributed by atoms with van der Waals surface area (Å²) in [7, 11) is 0. The maximum atomic E-state index is 12.0. The summed E-state index contributed by atoms with van der Waals surface area (Å²) >= 11 is 6.13. The second-order valence-electron chi connectivity index (χ2n) is 8.55. The molecule has 0 saturated heterocycles. The van der Waals surface area contributed by atoms with Gasteiger partial charge in [0, 0.05) is 17.1 Å². The van der Waals surface area contributed by atoms with Gasteiger partial charge in [0.15, 0.2) is 0 Å². The maximum absolute atomic E-state index is 12.0. The number of benzene rings is 1. The number of aliphatic hydroxyl groups is 1. The Labute approximate surface area is 171 Å². The van der Waals surface area contributed by atoms with Crippen molar-refractivity contribution in [3.05, 3.63) is 29.0 Å². The van der Waals surface area contributed by atoms with Crippen molar-refractivity contribution in [3.63, 3.8) is 0 Å². The summed E-state index contributed by atoms with van der Waals surface area (Å²) < 4.78 is 7.53. The lowest BCUT2D eigenvalue weighted by Gasteiger charge is -2.32. The molecule has 1 atom stereocenters. The number of imidazole rings is 1. The number of halogens is 1. The second kappa shape index (κ2) is 8.29. The van der Waals surface area contributed by atoms with Gasteiger partial charge in [-0.3, -0.25) is 0 Å². The number of hydrogen-bond acceptors (Lipinski definition) is 4. The fourth-order valence-electron chi connectivity index (χ4n) is 3.84. The Balaban J connectivity index is 1.75. The molecule has 1 aliphatic rings. The summed E-state index contributed by atoms with van der Waals surface area (Å²) in [6.45, 7) is 7.53. The number of nitrogens with one attached hydrogen (secondary N) is 1. The van der Waals surface area contributed by atoms with Gasteiger partial charge in [-0.1, -0.05) is 18.5 Å². The Morgan fingerprint density at radius 2 is 2.04 bits per heavy atom. The van der Waals surface area contributed by atoms with E-state index in [0.29, 0.717) is 17.3 Å². The molecule has 6 nitrogen and oxygen atoms in total. The fraction of sp³-hybridized carbons (Fsp3) is 0.619. The molecule has 0 spiro atoms. The fourth-order valence-corrected chi connectivity index (χ4v) is 4.01. The van der Waals surface area contributed by atoms with Crippen LogP contribution in [0.1, 0.15) is 77.8 Å². The van der Waals surface area contributed by atoms with E-state index < -0.39 is 11.7 Å². The summed E-state index contributed by atoms with van der Waals surface area (Å²) in [5.74, 6) is 0.698. The van der Waals surface area contributed by atoms with Crippen molar-refractivity contribution < 1.29 is 14.6 Å². The molecule has 1 aliphatic carbocycles. The molecule has 154 valence electrons. The molecule has 1 saturated carbocycles. The van der Waals surface area contributed by atoms with Gasteiger partial charge < -0.3 is 19.7 Å². The Morgan fingerprint density at radius 1 is 1.36 bits per heavy atom. The molecule has 0 radical (unpaired) electrons. The molecule has 0 bridgehead atoms. The number of carbonyl (C=O) groups is 1. The highest BCUT2D eigenvalue weighted by Crippen LogP contribution is 2.35. The Kier molecular flexibility index (Phi) is 6.20. The quantitative estimate of drug-likeness (QED) is 0.735. The Bertz CT molecular complexity index is 835. The van der Waals surface area contributed by atoms with Gasteiger partial charge >= 0.3 is 6.09 Å². The van der Waals surface area contributed by atoms with Crippen LogP contribution in [0.2, 0.25) is 5.02 Å². The van der Waals surface area contributed by atoms with Crippen molar-refractivity contribution in [2.45, 2.75) is 83.6 Å². The first-order valence-electron chi connectivity index (χ1n) is 10.0. The predicted molar refractivity (Wildman–Crippen MR) is 111 cm³/mol. The first kappa shape index (κ1) is 20.9. The first-order valence-corrected chi connectivity index (χ1v) is 10.4. The number of carbonyl (C=O) groups excluding carboxylic acids is 1. The van der Waals surface area contributed by atoms with Crippen LogP contribution in [0.15, 0.2) is 18.2 Å². The number of fused-ring (bicyclic) bond motifs is 1. The van der Waals surface area contributed by atoms with Crippen LogP contribution >= 0.6 is 11.6 Å². The zero-order valence-corrected chi connectivity index (χ0v) is 17.8. The maximum Gasteiger partial charge on any atom is 0.407 e. The highest BCUT2D eigenvalue weighted by Gasteiger charge is 2.29. The van der Waals surface area contributed by atoms with E-state index in [0.717, 1.165) is 36.7 Å². The number of aliphatic hydroxyl groups excluding tert-OH is 1. The van der Waals surface area contributed by atoms with Crippen molar-refractivity contribution in [2.24, 2.45) is 0 Å². The van der Waals surface area contributed by atoms with Crippen LogP contribution in [0.4, 0.5) is 4.79 Å². The lowest BCUT2D eigenvalue weighted by atomic mass is 9.90. The minimum Gasteiger partial charge on any atom is -0.444 e. The third-order valence-electron chi connectivity index (χ3n) is 5.15. The van der Waals surface area contributed by atoms with Gasteiger partial charge in [0.1, 0.15) is 17.5 Å². The molecule has 2 aromatic rings. The van der Waals surface area contributed by atoms with Crippen LogP contribution in [0.25, 0.3) is 11.0 Å². The van der Waals surface area contributed by atoms with Crippen molar-refractivity contribution in [1.82, 2.24) is 14.9 Å². The molecule has 0 aliphatic heterocycles. The van der Waals surface area contributed by atoms with Crippen molar-refractivity contribution in [2.75, 3.05) is 0 Å². The Morgan fingerprint density at radius 3 is 2.64 bits per heavy atom. The van der Waals surface area contributed by atoms with Gasteiger partial charge in [0.05, 0.1) is 11.0 Å². The lowest BCUT2D eigenvalue weighted by molar-refractivity contribution is 0.0487. The van der Waals surface area contributed by atoms with Gasteiger partial charge in [0.25, 0.3) is 0 Å². The number of aromatic nitrogens is 2. The molecule has 1 heterocycles. The predicted octanol–water partition coefficient (Wildman–Crippen LogP) is 5.14. The molecular weight excluding hydrogens is 378 g/mol. The van der Waals surface area contributed by atoms with Crippen LogP contribution in [0, 0.1) is 0 Å². The summed E-state index contributed by atoms with van der Waals surface area (Å²) in [4.78, 5) is 16.7. The third-order valence-corrected chi connectivity index (χ3v) is 5.38. The highest BCUT2D eigenvalue weighted by molar-refractivity contribution is 6.31. The summed E-state index contributed by atoms with van der Waals surface area (Å²) in [6.07, 6.45) is 3.16. The number of rotatable bonds is 4. The molecule has 7 heteroatoms. The average molecular weight is 408 g/mol. The van der Waals surface area contributed by atoms with E-state index in [9.17, 15) is 9.90 Å². The van der Waals surface area contributed by atoms with Crippen molar-refractivity contribution >= 4 is 28.7 Å². The smallest absolute Gasteiger partial charge is 0.407 e. The molecule has 28 heavy (non-hydrogen) atoms. The molecule has 1 aromatic heterocycles. The second-order valence-corrected chi connectivity index (χ2v) is 8.99. The molecule has 1 fully saturated rings. The highest BCUT2D eigenvalue weighted by atomic mass is 35.5. The summed E-state index contributed by atoms with van der Waals surface area (Å²) in [6, 6.07) is 6.02. The SMILES string of the molecule is CCC(O)c1nc2cc(Cl)ccc2n1C1CCC(NC(=O)OC(C)(C)C)CC1. The van der Waals surface area contributed by atoms with E-state index in [1.54, 1.807) is 0 Å². The topological polar surface area (TPSA) is 76.4 Å². The van der Waals surface area contributed by atoms with Crippen LogP contribution in [-0.4, -0.2) is 32.4 Å². The van der Waals surface area contributed by atoms with E-state index in [-0.39, 0.29) is 18.2 Å². The van der Waals surface area contributed by atoms with Gasteiger partial charge in [-0.15, -0.1) is 0 Å². The van der Waals surface area contributed by atoms with Crippen LogP contribution in [0.5, 0.6) is 0 Å². The number of ether oxygens (including phenoxy) is 1. The number of alkyl carbamates (subject to hydrolysis) is 1. The van der Waals surface area contributed by atoms with E-state index in [1.165, 1.54) is 0 Å². The van der Waals surface area contributed by atoms with E-state index in [1.807, 2.05) is 45.9 Å². The van der Waals surface area contributed by atoms with Gasteiger partial charge in [-0.05, 0) is 71.1 Å². The number of amides is 1. The van der Waals surface area contributed by atoms with Gasteiger partial charge in [-0.2, -0.15) is 0 Å². The minimum atomic E-state index is -0.608. The molecule has 3 rings (SSSR count). The van der Waals surface area contributed by atoms with Crippen LogP contribution in [-0.2, 0) is 4.74 Å². The van der Waals surface area contributed by atoms with E-state index in [2.05, 4.69) is 14.9 Å². The number of hydrogen-bond donors (Lipinski definition) is 2. The largest absolute Gasteiger partial charge is 0.444 e. The zero-order valence-electron chi connectivity index (χ0n) is 17.0. The van der Waals surface area contributed by atoms with Crippen LogP contribution in [0.3, 0.4) is 0 Å². The normalized spacial score (nSPS) is 21.5. The monoisotopic (exact) mass is 407 g/mol. The van der Waals surface area contributed by atoms with E-state index >= 15 is 0 Å². The molecule has 1 unspecified atom stereocenters. The van der Waals surface area contributed by atoms with E-state index in [4.69, 9.17) is 16.3 Å². The minimum absolute atomic E-state index is 0.106. The molecular formula is C21H30ClN3O3. The molecule has 1 aromatic carbocycles. The summed E-state index contributed by atoms with van der Waals surface area (Å²) in [5, 5.41) is 14.1. The lowest BCUT2D eigenvalue weighted by Crippen LogP contribution is -2.41.